The molecule has 1 aromatic heterocycles. The topological polar surface area (TPSA) is 95.1 Å². The number of H-pyrrole nitrogens is 1. The Labute approximate surface area is 106 Å². The highest BCUT2D eigenvalue weighted by molar-refractivity contribution is 5.92. The highest BCUT2D eigenvalue weighted by Gasteiger charge is 2.25. The van der Waals surface area contributed by atoms with Crippen LogP contribution in [-0.2, 0) is 9.59 Å². The van der Waals surface area contributed by atoms with Gasteiger partial charge in [0.2, 0.25) is 5.91 Å². The lowest BCUT2D eigenvalue weighted by Crippen LogP contribution is -2.25. The summed E-state index contributed by atoms with van der Waals surface area (Å²) in [6.07, 6.45) is 0.118. The van der Waals surface area contributed by atoms with E-state index in [-0.39, 0.29) is 18.7 Å². The lowest BCUT2D eigenvalue weighted by Gasteiger charge is -2.21. The van der Waals surface area contributed by atoms with Crippen LogP contribution in [0, 0.1) is 19.3 Å². The predicted molar refractivity (Wildman–Crippen MR) is 67.3 cm³/mol. The molecule has 0 bridgehead atoms. The summed E-state index contributed by atoms with van der Waals surface area (Å²) in [7, 11) is 0. The molecular formula is C12H19N3O3. The van der Waals surface area contributed by atoms with Crippen molar-refractivity contribution in [2.75, 3.05) is 5.32 Å². The summed E-state index contributed by atoms with van der Waals surface area (Å²) in [6, 6.07) is 0. The molecule has 1 heterocycles. The molecule has 100 valence electrons. The zero-order chi connectivity index (χ0) is 13.9. The average molecular weight is 253 g/mol. The zero-order valence-electron chi connectivity index (χ0n) is 11.1. The normalized spacial score (nSPS) is 11.3. The number of carbonyl (C=O) groups is 2. The lowest BCUT2D eigenvalue weighted by molar-refractivity contribution is -0.139. The first-order valence-electron chi connectivity index (χ1n) is 5.74. The van der Waals surface area contributed by atoms with Crippen LogP contribution < -0.4 is 5.32 Å². The molecule has 0 fully saturated rings. The van der Waals surface area contributed by atoms with E-state index in [9.17, 15) is 9.59 Å². The number of aryl methyl sites for hydroxylation is 2. The molecule has 1 aromatic rings. The molecule has 0 spiro atoms. The number of anilines is 1. The number of rotatable bonds is 5. The Morgan fingerprint density at radius 3 is 2.39 bits per heavy atom. The van der Waals surface area contributed by atoms with Gasteiger partial charge in [0.15, 0.2) is 0 Å². The maximum absolute atomic E-state index is 11.9. The number of carbonyl (C=O) groups excluding carboxylic acids is 1. The minimum absolute atomic E-state index is 0.0379. The van der Waals surface area contributed by atoms with Gasteiger partial charge in [0.25, 0.3) is 0 Å². The zero-order valence-corrected chi connectivity index (χ0v) is 11.1. The second-order valence-corrected chi connectivity index (χ2v) is 5.27. The van der Waals surface area contributed by atoms with E-state index in [2.05, 4.69) is 15.5 Å². The largest absolute Gasteiger partial charge is 0.481 e. The van der Waals surface area contributed by atoms with Crippen LogP contribution in [0.25, 0.3) is 0 Å². The van der Waals surface area contributed by atoms with Crippen LogP contribution >= 0.6 is 0 Å². The summed E-state index contributed by atoms with van der Waals surface area (Å²) < 4.78 is 0. The minimum atomic E-state index is -0.900. The molecule has 18 heavy (non-hydrogen) atoms. The monoisotopic (exact) mass is 253 g/mol. The fourth-order valence-electron chi connectivity index (χ4n) is 1.83. The molecule has 0 saturated carbocycles. The van der Waals surface area contributed by atoms with E-state index in [1.165, 1.54) is 0 Å². The molecule has 0 aliphatic heterocycles. The molecular weight excluding hydrogens is 234 g/mol. The van der Waals surface area contributed by atoms with Gasteiger partial charge in [0.05, 0.1) is 23.5 Å². The smallest absolute Gasteiger partial charge is 0.303 e. The maximum Gasteiger partial charge on any atom is 0.303 e. The third-order valence-corrected chi connectivity index (χ3v) is 2.66. The predicted octanol–water partition coefficient (Wildman–Crippen LogP) is 1.86. The molecule has 0 saturated heterocycles. The van der Waals surface area contributed by atoms with Crippen molar-refractivity contribution in [2.45, 2.75) is 40.5 Å². The van der Waals surface area contributed by atoms with Gasteiger partial charge in [0.1, 0.15) is 0 Å². The van der Waals surface area contributed by atoms with Gasteiger partial charge in [-0.05, 0) is 19.3 Å². The van der Waals surface area contributed by atoms with E-state index in [1.807, 2.05) is 6.92 Å². The van der Waals surface area contributed by atoms with Gasteiger partial charge in [0, 0.05) is 6.42 Å². The van der Waals surface area contributed by atoms with Gasteiger partial charge < -0.3 is 10.4 Å². The van der Waals surface area contributed by atoms with E-state index in [1.54, 1.807) is 20.8 Å². The molecule has 3 N–H and O–H groups in total. The standard InChI is InChI=1S/C12H19N3O3/c1-7-11(8(2)15-14-7)13-9(16)5-12(3,4)6-10(17)18/h5-6H2,1-4H3,(H,13,16)(H,14,15)(H,17,18). The number of nitrogens with one attached hydrogen (secondary N) is 2. The minimum Gasteiger partial charge on any atom is -0.481 e. The van der Waals surface area contributed by atoms with Crippen molar-refractivity contribution in [1.29, 1.82) is 0 Å². The SMILES string of the molecule is Cc1n[nH]c(C)c1NC(=O)CC(C)(C)CC(=O)O. The molecule has 0 radical (unpaired) electrons. The van der Waals surface area contributed by atoms with Gasteiger partial charge >= 0.3 is 5.97 Å². The van der Waals surface area contributed by atoms with Crippen molar-refractivity contribution in [1.82, 2.24) is 10.2 Å². The van der Waals surface area contributed by atoms with E-state index in [4.69, 9.17) is 5.11 Å². The van der Waals surface area contributed by atoms with Crippen LogP contribution in [0.4, 0.5) is 5.69 Å². The summed E-state index contributed by atoms with van der Waals surface area (Å²) in [5.74, 6) is -1.10. The molecule has 6 heteroatoms. The number of hydrogen-bond donors (Lipinski definition) is 3. The third kappa shape index (κ3) is 3.87. The third-order valence-electron chi connectivity index (χ3n) is 2.66. The average Bonchev–Trinajstić information content (AvgIpc) is 2.46. The number of aromatic nitrogens is 2. The van der Waals surface area contributed by atoms with Crippen molar-refractivity contribution in [3.63, 3.8) is 0 Å². The van der Waals surface area contributed by atoms with Gasteiger partial charge in [-0.2, -0.15) is 5.10 Å². The second kappa shape index (κ2) is 5.20. The Bertz CT molecular complexity index is 444. The van der Waals surface area contributed by atoms with E-state index >= 15 is 0 Å². The fraction of sp³-hybridized carbons (Fsp3) is 0.583. The van der Waals surface area contributed by atoms with Crippen molar-refractivity contribution in [3.8, 4) is 0 Å². The van der Waals surface area contributed by atoms with Gasteiger partial charge in [-0.25, -0.2) is 0 Å². The van der Waals surface area contributed by atoms with Crippen LogP contribution in [-0.4, -0.2) is 27.2 Å². The first kappa shape index (κ1) is 14.2. The van der Waals surface area contributed by atoms with Crippen LogP contribution in [0.2, 0.25) is 0 Å². The number of carboxylic acids is 1. The van der Waals surface area contributed by atoms with Crippen molar-refractivity contribution in [2.24, 2.45) is 5.41 Å². The number of amides is 1. The summed E-state index contributed by atoms with van der Waals surface area (Å²) in [6.45, 7) is 7.13. The second-order valence-electron chi connectivity index (χ2n) is 5.27. The van der Waals surface area contributed by atoms with Crippen LogP contribution in [0.15, 0.2) is 0 Å². The van der Waals surface area contributed by atoms with Crippen molar-refractivity contribution in [3.05, 3.63) is 11.4 Å². The Hall–Kier alpha value is -1.85. The Kier molecular flexibility index (Phi) is 4.11. The van der Waals surface area contributed by atoms with E-state index < -0.39 is 11.4 Å². The van der Waals surface area contributed by atoms with E-state index in [0.717, 1.165) is 11.4 Å². The number of hydrogen-bond acceptors (Lipinski definition) is 3. The molecule has 0 aliphatic carbocycles. The summed E-state index contributed by atoms with van der Waals surface area (Å²) >= 11 is 0. The Morgan fingerprint density at radius 2 is 1.94 bits per heavy atom. The van der Waals surface area contributed by atoms with Crippen molar-refractivity contribution < 1.29 is 14.7 Å². The number of aliphatic carboxylic acids is 1. The molecule has 0 aromatic carbocycles. The highest BCUT2D eigenvalue weighted by atomic mass is 16.4. The summed E-state index contributed by atoms with van der Waals surface area (Å²) in [4.78, 5) is 22.5. The number of carboxylic acid groups (broad SMARTS) is 1. The summed E-state index contributed by atoms with van der Waals surface area (Å²) in [5.41, 5.74) is 1.61. The first-order chi connectivity index (χ1) is 8.21. The van der Waals surface area contributed by atoms with Gasteiger partial charge in [-0.1, -0.05) is 13.8 Å². The quantitative estimate of drug-likeness (QED) is 0.746. The molecule has 1 amide bonds. The fourth-order valence-corrected chi connectivity index (χ4v) is 1.83. The Morgan fingerprint density at radius 1 is 1.33 bits per heavy atom. The summed E-state index contributed by atoms with van der Waals surface area (Å²) in [5, 5.41) is 18.3. The first-order valence-corrected chi connectivity index (χ1v) is 5.74. The van der Waals surface area contributed by atoms with Crippen LogP contribution in [0.1, 0.15) is 38.1 Å². The Balaban J connectivity index is 2.65. The number of aromatic amines is 1. The molecule has 0 aliphatic rings. The molecule has 1 rings (SSSR count). The molecule has 0 unspecified atom stereocenters. The number of nitrogens with zero attached hydrogens (tertiary/aromatic N) is 1. The highest BCUT2D eigenvalue weighted by Crippen LogP contribution is 2.26. The van der Waals surface area contributed by atoms with Crippen LogP contribution in [0.3, 0.4) is 0 Å². The van der Waals surface area contributed by atoms with Gasteiger partial charge in [-0.15, -0.1) is 0 Å². The van der Waals surface area contributed by atoms with Crippen LogP contribution in [0.5, 0.6) is 0 Å². The molecule has 0 atom stereocenters. The maximum atomic E-state index is 11.9. The molecule has 6 nitrogen and oxygen atoms in total. The van der Waals surface area contributed by atoms with Gasteiger partial charge in [-0.3, -0.25) is 14.7 Å². The van der Waals surface area contributed by atoms with Crippen molar-refractivity contribution >= 4 is 17.6 Å². The lowest BCUT2D eigenvalue weighted by atomic mass is 9.85. The van der Waals surface area contributed by atoms with E-state index in [0.29, 0.717) is 5.69 Å².